The van der Waals surface area contributed by atoms with E-state index in [9.17, 15) is 4.39 Å². The third-order valence-corrected chi connectivity index (χ3v) is 1.44. The van der Waals surface area contributed by atoms with E-state index >= 15 is 0 Å². The highest BCUT2D eigenvalue weighted by atomic mass is 19.1. The molecule has 0 bridgehead atoms. The molecule has 0 saturated carbocycles. The second-order valence-electron chi connectivity index (χ2n) is 2.39. The third kappa shape index (κ3) is 2.10. The SMILES string of the molecule is Nc1ccc(NCCO)cc1F. The lowest BCUT2D eigenvalue weighted by Crippen LogP contribution is -2.05. The molecule has 0 aliphatic heterocycles. The molecule has 0 spiro atoms. The summed E-state index contributed by atoms with van der Waals surface area (Å²) in [6.07, 6.45) is 0. The van der Waals surface area contributed by atoms with Crippen LogP contribution in [0, 0.1) is 5.82 Å². The number of nitrogens with two attached hydrogens (primary N) is 1. The van der Waals surface area contributed by atoms with Gasteiger partial charge in [0.2, 0.25) is 0 Å². The zero-order valence-corrected chi connectivity index (χ0v) is 6.55. The normalized spacial score (nSPS) is 9.83. The molecule has 12 heavy (non-hydrogen) atoms. The number of anilines is 2. The van der Waals surface area contributed by atoms with Crippen molar-refractivity contribution in [3.8, 4) is 0 Å². The molecule has 1 rings (SSSR count). The molecule has 1 aromatic rings. The Morgan fingerprint density at radius 1 is 1.50 bits per heavy atom. The summed E-state index contributed by atoms with van der Waals surface area (Å²) in [5.41, 5.74) is 6.02. The van der Waals surface area contributed by atoms with Crippen LogP contribution >= 0.6 is 0 Å². The number of aliphatic hydroxyl groups is 1. The van der Waals surface area contributed by atoms with E-state index in [1.54, 1.807) is 6.07 Å². The van der Waals surface area contributed by atoms with Crippen molar-refractivity contribution in [3.05, 3.63) is 24.0 Å². The minimum Gasteiger partial charge on any atom is -0.396 e. The van der Waals surface area contributed by atoms with Crippen molar-refractivity contribution in [3.63, 3.8) is 0 Å². The Balaban J connectivity index is 2.69. The highest BCUT2D eigenvalue weighted by Gasteiger charge is 1.98. The molecule has 4 N–H and O–H groups in total. The van der Waals surface area contributed by atoms with Crippen molar-refractivity contribution >= 4 is 11.4 Å². The Morgan fingerprint density at radius 3 is 2.83 bits per heavy atom. The minimum atomic E-state index is -0.446. The largest absolute Gasteiger partial charge is 0.396 e. The Bertz CT molecular complexity index is 265. The Kier molecular flexibility index (Phi) is 2.88. The van der Waals surface area contributed by atoms with E-state index in [0.29, 0.717) is 12.2 Å². The fraction of sp³-hybridized carbons (Fsp3) is 0.250. The molecule has 0 saturated heterocycles. The maximum absolute atomic E-state index is 12.8. The van der Waals surface area contributed by atoms with Crippen molar-refractivity contribution in [1.82, 2.24) is 0 Å². The van der Waals surface area contributed by atoms with Crippen LogP contribution in [-0.4, -0.2) is 18.3 Å². The third-order valence-electron chi connectivity index (χ3n) is 1.44. The zero-order valence-electron chi connectivity index (χ0n) is 6.55. The van der Waals surface area contributed by atoms with Crippen LogP contribution in [0.15, 0.2) is 18.2 Å². The predicted molar refractivity (Wildman–Crippen MR) is 46.4 cm³/mol. The van der Waals surface area contributed by atoms with E-state index < -0.39 is 5.82 Å². The molecule has 0 heterocycles. The van der Waals surface area contributed by atoms with Crippen LogP contribution in [0.3, 0.4) is 0 Å². The summed E-state index contributed by atoms with van der Waals surface area (Å²) in [5, 5.41) is 11.3. The first-order chi connectivity index (χ1) is 5.74. The fourth-order valence-electron chi connectivity index (χ4n) is 0.837. The number of hydrogen-bond donors (Lipinski definition) is 3. The molecule has 0 aromatic heterocycles. The van der Waals surface area contributed by atoms with Crippen LogP contribution in [0.25, 0.3) is 0 Å². The summed E-state index contributed by atoms with van der Waals surface area (Å²) in [4.78, 5) is 0. The molecule has 3 nitrogen and oxygen atoms in total. The lowest BCUT2D eigenvalue weighted by atomic mass is 10.2. The van der Waals surface area contributed by atoms with Crippen LogP contribution in [0.2, 0.25) is 0 Å². The van der Waals surface area contributed by atoms with Gasteiger partial charge in [-0.2, -0.15) is 0 Å². The fourth-order valence-corrected chi connectivity index (χ4v) is 0.837. The van der Waals surface area contributed by atoms with Gasteiger partial charge in [-0.3, -0.25) is 0 Å². The van der Waals surface area contributed by atoms with E-state index in [2.05, 4.69) is 5.32 Å². The van der Waals surface area contributed by atoms with Crippen molar-refractivity contribution in [2.24, 2.45) is 0 Å². The number of nitrogens with one attached hydrogen (secondary N) is 1. The lowest BCUT2D eigenvalue weighted by molar-refractivity contribution is 0.311. The summed E-state index contributed by atoms with van der Waals surface area (Å²) in [6, 6.07) is 4.44. The molecule has 4 heteroatoms. The van der Waals surface area contributed by atoms with Crippen molar-refractivity contribution in [2.75, 3.05) is 24.2 Å². The number of hydrogen-bond acceptors (Lipinski definition) is 3. The molecular weight excluding hydrogens is 159 g/mol. The second kappa shape index (κ2) is 3.92. The standard InChI is InChI=1S/C8H11FN2O/c9-7-5-6(11-3-4-12)1-2-8(7)10/h1-2,5,11-12H,3-4,10H2. The van der Waals surface area contributed by atoms with Crippen LogP contribution < -0.4 is 11.1 Å². The van der Waals surface area contributed by atoms with Gasteiger partial charge in [0.1, 0.15) is 5.82 Å². The van der Waals surface area contributed by atoms with Gasteiger partial charge in [-0.05, 0) is 18.2 Å². The summed E-state index contributed by atoms with van der Waals surface area (Å²) >= 11 is 0. The number of benzene rings is 1. The molecule has 0 radical (unpaired) electrons. The number of rotatable bonds is 3. The van der Waals surface area contributed by atoms with Gasteiger partial charge in [0.15, 0.2) is 0 Å². The number of aliphatic hydroxyl groups excluding tert-OH is 1. The second-order valence-corrected chi connectivity index (χ2v) is 2.39. The zero-order chi connectivity index (χ0) is 8.97. The highest BCUT2D eigenvalue weighted by Crippen LogP contribution is 2.15. The quantitative estimate of drug-likeness (QED) is 0.588. The van der Waals surface area contributed by atoms with E-state index in [4.69, 9.17) is 10.8 Å². The average molecular weight is 170 g/mol. The first-order valence-electron chi connectivity index (χ1n) is 3.64. The van der Waals surface area contributed by atoms with Gasteiger partial charge in [0, 0.05) is 12.2 Å². The molecule has 1 aromatic carbocycles. The van der Waals surface area contributed by atoms with Crippen LogP contribution in [0.5, 0.6) is 0 Å². The van der Waals surface area contributed by atoms with E-state index in [0.717, 1.165) is 0 Å². The van der Waals surface area contributed by atoms with Crippen LogP contribution in [-0.2, 0) is 0 Å². The molecule has 0 amide bonds. The highest BCUT2D eigenvalue weighted by molar-refractivity contribution is 5.52. The summed E-state index contributed by atoms with van der Waals surface area (Å²) in [7, 11) is 0. The monoisotopic (exact) mass is 170 g/mol. The maximum Gasteiger partial charge on any atom is 0.148 e. The van der Waals surface area contributed by atoms with Crippen LogP contribution in [0.1, 0.15) is 0 Å². The molecule has 0 fully saturated rings. The molecule has 0 unspecified atom stereocenters. The van der Waals surface area contributed by atoms with Gasteiger partial charge in [-0.15, -0.1) is 0 Å². The van der Waals surface area contributed by atoms with Gasteiger partial charge >= 0.3 is 0 Å². The van der Waals surface area contributed by atoms with E-state index in [1.165, 1.54) is 12.1 Å². The Hall–Kier alpha value is -1.29. The van der Waals surface area contributed by atoms with Crippen molar-refractivity contribution in [2.45, 2.75) is 0 Å². The molecule has 0 aliphatic carbocycles. The maximum atomic E-state index is 12.8. The van der Waals surface area contributed by atoms with Gasteiger partial charge < -0.3 is 16.2 Å². The molecule has 66 valence electrons. The number of halogens is 1. The topological polar surface area (TPSA) is 58.3 Å². The van der Waals surface area contributed by atoms with E-state index in [-0.39, 0.29) is 12.3 Å². The summed E-state index contributed by atoms with van der Waals surface area (Å²) < 4.78 is 12.8. The predicted octanol–water partition coefficient (Wildman–Crippen LogP) is 0.812. The average Bonchev–Trinajstić information content (AvgIpc) is 2.07. The van der Waals surface area contributed by atoms with Crippen molar-refractivity contribution in [1.29, 1.82) is 0 Å². The van der Waals surface area contributed by atoms with Gasteiger partial charge in [0.25, 0.3) is 0 Å². The molecule has 0 aliphatic rings. The molecular formula is C8H11FN2O. The van der Waals surface area contributed by atoms with Crippen LogP contribution in [0.4, 0.5) is 15.8 Å². The van der Waals surface area contributed by atoms with Gasteiger partial charge in [-0.1, -0.05) is 0 Å². The summed E-state index contributed by atoms with van der Waals surface area (Å²) in [6.45, 7) is 0.426. The van der Waals surface area contributed by atoms with E-state index in [1.807, 2.05) is 0 Å². The van der Waals surface area contributed by atoms with Gasteiger partial charge in [-0.25, -0.2) is 4.39 Å². The first-order valence-corrected chi connectivity index (χ1v) is 3.64. The Labute approximate surface area is 70.0 Å². The van der Waals surface area contributed by atoms with Crippen molar-refractivity contribution < 1.29 is 9.50 Å². The number of nitrogen functional groups attached to an aromatic ring is 1. The first kappa shape index (κ1) is 8.80. The minimum absolute atomic E-state index is 0.0198. The molecule has 0 atom stereocenters. The Morgan fingerprint density at radius 2 is 2.25 bits per heavy atom. The lowest BCUT2D eigenvalue weighted by Gasteiger charge is -2.04. The smallest absolute Gasteiger partial charge is 0.148 e. The van der Waals surface area contributed by atoms with Gasteiger partial charge in [0.05, 0.1) is 12.3 Å². The summed E-state index contributed by atoms with van der Waals surface area (Å²) in [5.74, 6) is -0.446.